The van der Waals surface area contributed by atoms with Gasteiger partial charge in [0, 0.05) is 0 Å². The molecule has 0 aliphatic heterocycles. The Morgan fingerprint density at radius 3 is 2.15 bits per heavy atom. The molecule has 0 aliphatic carbocycles. The summed E-state index contributed by atoms with van der Waals surface area (Å²) in [5.74, 6) is -4.85. The van der Waals surface area contributed by atoms with E-state index in [1.165, 1.54) is 0 Å². The molecule has 0 spiro atoms. The molecule has 74 valence electrons. The van der Waals surface area contributed by atoms with Crippen LogP contribution in [0.1, 0.15) is 5.56 Å². The number of hydrogen-bond acceptors (Lipinski definition) is 3. The molecular formula is C7H9Cl2O3P. The van der Waals surface area contributed by atoms with Gasteiger partial charge >= 0.3 is 85.3 Å². The van der Waals surface area contributed by atoms with Gasteiger partial charge in [0.05, 0.1) is 0 Å². The van der Waals surface area contributed by atoms with Gasteiger partial charge in [-0.1, -0.05) is 0 Å². The van der Waals surface area contributed by atoms with Crippen LogP contribution in [0.3, 0.4) is 0 Å². The summed E-state index contributed by atoms with van der Waals surface area (Å²) in [6, 6.07) is 8.95. The molecule has 0 fully saturated rings. The van der Waals surface area contributed by atoms with Crippen LogP contribution in [0.2, 0.25) is 0 Å². The van der Waals surface area contributed by atoms with E-state index in [0.717, 1.165) is 5.56 Å². The Morgan fingerprint density at radius 1 is 1.15 bits per heavy atom. The molecule has 6 heteroatoms. The number of rotatable bonds is 3. The summed E-state index contributed by atoms with van der Waals surface area (Å²) in [7, 11) is 0. The van der Waals surface area contributed by atoms with E-state index in [4.69, 9.17) is 32.3 Å². The average molecular weight is 243 g/mol. The van der Waals surface area contributed by atoms with E-state index in [-0.39, 0.29) is 6.61 Å². The van der Waals surface area contributed by atoms with Crippen LogP contribution >= 0.6 is 28.5 Å². The van der Waals surface area contributed by atoms with Crippen molar-refractivity contribution < 1.29 is 14.3 Å². The summed E-state index contributed by atoms with van der Waals surface area (Å²) in [6.07, 6.45) is 0. The molecule has 0 aromatic heterocycles. The Hall–Kier alpha value is 0.110. The van der Waals surface area contributed by atoms with E-state index in [0.29, 0.717) is 0 Å². The number of benzene rings is 1. The van der Waals surface area contributed by atoms with Crippen molar-refractivity contribution in [1.82, 2.24) is 0 Å². The molecule has 0 heterocycles. The standard InChI is InChI=1S/C7H9Cl2O3P/c8-13(9,10,11)12-6-7-4-2-1-3-5-7/h1-5,10-11H,6H2. The van der Waals surface area contributed by atoms with Crippen LogP contribution in [-0.4, -0.2) is 9.79 Å². The second-order valence-electron chi connectivity index (χ2n) is 2.52. The van der Waals surface area contributed by atoms with Crippen LogP contribution < -0.4 is 0 Å². The van der Waals surface area contributed by atoms with Crippen LogP contribution in [0, 0.1) is 0 Å². The minimum absolute atomic E-state index is 0.0291. The topological polar surface area (TPSA) is 49.7 Å². The van der Waals surface area contributed by atoms with E-state index in [9.17, 15) is 0 Å². The molecule has 0 radical (unpaired) electrons. The first kappa shape index (κ1) is 11.2. The van der Waals surface area contributed by atoms with Gasteiger partial charge in [-0.15, -0.1) is 0 Å². The fraction of sp³-hybridized carbons (Fsp3) is 0.143. The maximum absolute atomic E-state index is 8.94. The molecule has 3 nitrogen and oxygen atoms in total. The Kier molecular flexibility index (Phi) is 3.18. The van der Waals surface area contributed by atoms with E-state index in [1.807, 2.05) is 6.07 Å². The maximum atomic E-state index is 8.94. The predicted octanol–water partition coefficient (Wildman–Crippen LogP) is 2.79. The first-order valence-electron chi connectivity index (χ1n) is 3.47. The van der Waals surface area contributed by atoms with E-state index in [1.54, 1.807) is 24.3 Å². The third kappa shape index (κ3) is 5.42. The monoisotopic (exact) mass is 242 g/mol. The van der Waals surface area contributed by atoms with Gasteiger partial charge in [0.1, 0.15) is 0 Å². The number of hydrogen-bond donors (Lipinski definition) is 2. The molecular weight excluding hydrogens is 234 g/mol. The summed E-state index contributed by atoms with van der Waals surface area (Å²) in [4.78, 5) is 17.9. The van der Waals surface area contributed by atoms with Crippen molar-refractivity contribution in [2.75, 3.05) is 0 Å². The van der Waals surface area contributed by atoms with E-state index in [2.05, 4.69) is 4.52 Å². The molecule has 1 rings (SSSR count). The zero-order chi connectivity index (χ0) is 9.97. The van der Waals surface area contributed by atoms with Crippen molar-refractivity contribution in [3.63, 3.8) is 0 Å². The molecule has 0 aliphatic rings. The summed E-state index contributed by atoms with van der Waals surface area (Å²) in [5, 5.41) is 0. The summed E-state index contributed by atoms with van der Waals surface area (Å²) in [6.45, 7) is -0.0291. The van der Waals surface area contributed by atoms with Crippen molar-refractivity contribution in [3.05, 3.63) is 35.9 Å². The predicted molar refractivity (Wildman–Crippen MR) is 54.3 cm³/mol. The SMILES string of the molecule is OP(O)(Cl)(Cl)OCc1ccccc1. The van der Waals surface area contributed by atoms with Gasteiger partial charge in [-0.3, -0.25) is 0 Å². The molecule has 0 saturated carbocycles. The molecule has 0 bridgehead atoms. The van der Waals surface area contributed by atoms with Crippen molar-refractivity contribution in [1.29, 1.82) is 0 Å². The van der Waals surface area contributed by atoms with Crippen LogP contribution in [0.5, 0.6) is 0 Å². The summed E-state index contributed by atoms with van der Waals surface area (Å²) in [5.41, 5.74) is 0.765. The van der Waals surface area contributed by atoms with Gasteiger partial charge < -0.3 is 0 Å². The van der Waals surface area contributed by atoms with Crippen molar-refractivity contribution in [3.8, 4) is 0 Å². The quantitative estimate of drug-likeness (QED) is 0.802. The second kappa shape index (κ2) is 3.70. The van der Waals surface area contributed by atoms with Crippen LogP contribution in [-0.2, 0) is 11.1 Å². The Balaban J connectivity index is 2.54. The van der Waals surface area contributed by atoms with E-state index >= 15 is 0 Å². The third-order valence-electron chi connectivity index (χ3n) is 1.29. The van der Waals surface area contributed by atoms with Gasteiger partial charge in [-0.05, 0) is 0 Å². The Morgan fingerprint density at radius 2 is 1.69 bits per heavy atom. The average Bonchev–Trinajstić information content (AvgIpc) is 2.01. The van der Waals surface area contributed by atoms with Gasteiger partial charge in [-0.25, -0.2) is 0 Å². The zero-order valence-electron chi connectivity index (χ0n) is 6.60. The van der Waals surface area contributed by atoms with Crippen molar-refractivity contribution in [2.24, 2.45) is 0 Å². The van der Waals surface area contributed by atoms with Crippen LogP contribution in [0.4, 0.5) is 0 Å². The van der Waals surface area contributed by atoms with Gasteiger partial charge in [0.25, 0.3) is 0 Å². The van der Waals surface area contributed by atoms with Crippen LogP contribution in [0.25, 0.3) is 0 Å². The van der Waals surface area contributed by atoms with Gasteiger partial charge in [-0.2, -0.15) is 0 Å². The first-order valence-corrected chi connectivity index (χ1v) is 7.34. The molecule has 1 aromatic rings. The van der Waals surface area contributed by atoms with E-state index < -0.39 is 5.99 Å². The fourth-order valence-corrected chi connectivity index (χ4v) is 1.41. The van der Waals surface area contributed by atoms with Crippen LogP contribution in [0.15, 0.2) is 30.3 Å². The fourth-order valence-electron chi connectivity index (χ4n) is 0.755. The van der Waals surface area contributed by atoms with Gasteiger partial charge in [0.15, 0.2) is 0 Å². The summed E-state index contributed by atoms with van der Waals surface area (Å²) < 4.78 is 4.58. The first-order chi connectivity index (χ1) is 5.83. The Bertz CT molecular complexity index is 274. The number of halogens is 2. The molecule has 0 atom stereocenters. The minimum atomic E-state index is -4.85. The molecule has 13 heavy (non-hydrogen) atoms. The zero-order valence-corrected chi connectivity index (χ0v) is 9.01. The molecule has 1 aromatic carbocycles. The molecule has 2 N–H and O–H groups in total. The second-order valence-corrected chi connectivity index (χ2v) is 8.46. The van der Waals surface area contributed by atoms with Crippen molar-refractivity contribution >= 4 is 28.5 Å². The van der Waals surface area contributed by atoms with Crippen molar-refractivity contribution in [2.45, 2.75) is 6.61 Å². The molecule has 0 unspecified atom stereocenters. The third-order valence-corrected chi connectivity index (χ3v) is 2.43. The molecule has 0 amide bonds. The molecule has 0 saturated heterocycles. The normalized spacial score (nSPS) is 14.9. The summed E-state index contributed by atoms with van der Waals surface area (Å²) >= 11 is 10.2. The Labute approximate surface area is 85.6 Å². The van der Waals surface area contributed by atoms with Gasteiger partial charge in [0.2, 0.25) is 0 Å².